The number of nitriles is 1. The number of benzene rings is 1. The largest absolute Gasteiger partial charge is 0.396 e. The molecule has 1 N–H and O–H groups in total. The van der Waals surface area contributed by atoms with E-state index in [1.807, 2.05) is 26.8 Å². The van der Waals surface area contributed by atoms with Crippen LogP contribution in [0.1, 0.15) is 38.3 Å². The zero-order chi connectivity index (χ0) is 16.8. The van der Waals surface area contributed by atoms with Crippen LogP contribution in [0.2, 0.25) is 0 Å². The van der Waals surface area contributed by atoms with E-state index in [0.29, 0.717) is 30.6 Å². The van der Waals surface area contributed by atoms with E-state index in [1.54, 1.807) is 24.3 Å². The van der Waals surface area contributed by atoms with Gasteiger partial charge in [0.2, 0.25) is 10.0 Å². The first-order chi connectivity index (χ1) is 10.2. The molecule has 0 bridgehead atoms. The summed E-state index contributed by atoms with van der Waals surface area (Å²) in [6.07, 6.45) is 0.410. The maximum Gasteiger partial charge on any atom is 0.218 e. The minimum absolute atomic E-state index is 0.0416. The lowest BCUT2D eigenvalue weighted by Gasteiger charge is -2.29. The molecule has 1 rings (SSSR count). The first kappa shape index (κ1) is 18.6. The second-order valence-electron chi connectivity index (χ2n) is 6.54. The number of rotatable bonds is 7. The summed E-state index contributed by atoms with van der Waals surface area (Å²) < 4.78 is 26.7. The Bertz CT molecular complexity index is 628. The molecule has 0 atom stereocenters. The molecule has 0 spiro atoms. The van der Waals surface area contributed by atoms with Gasteiger partial charge in [-0.25, -0.2) is 12.7 Å². The number of hydrogen-bond acceptors (Lipinski definition) is 4. The number of aliphatic hydroxyl groups excluding tert-OH is 1. The molecule has 0 fully saturated rings. The molecular weight excluding hydrogens is 300 g/mol. The van der Waals surface area contributed by atoms with Crippen LogP contribution < -0.4 is 0 Å². The molecule has 22 heavy (non-hydrogen) atoms. The molecule has 122 valence electrons. The Morgan fingerprint density at radius 3 is 2.55 bits per heavy atom. The third-order valence-electron chi connectivity index (χ3n) is 3.01. The van der Waals surface area contributed by atoms with E-state index in [4.69, 9.17) is 10.4 Å². The predicted molar refractivity (Wildman–Crippen MR) is 86.5 cm³/mol. The van der Waals surface area contributed by atoms with Gasteiger partial charge < -0.3 is 5.11 Å². The van der Waals surface area contributed by atoms with Crippen molar-refractivity contribution in [1.82, 2.24) is 4.31 Å². The first-order valence-electron chi connectivity index (χ1n) is 7.26. The number of hydrogen-bond donors (Lipinski definition) is 1. The molecule has 0 aliphatic rings. The molecule has 6 heteroatoms. The van der Waals surface area contributed by atoms with Crippen LogP contribution in [-0.2, 0) is 15.8 Å². The van der Waals surface area contributed by atoms with Crippen LogP contribution in [0.5, 0.6) is 0 Å². The molecule has 5 nitrogen and oxygen atoms in total. The summed E-state index contributed by atoms with van der Waals surface area (Å²) in [5, 5.41) is 17.9. The van der Waals surface area contributed by atoms with Crippen molar-refractivity contribution in [2.75, 3.05) is 19.7 Å². The van der Waals surface area contributed by atoms with Crippen molar-refractivity contribution in [3.63, 3.8) is 0 Å². The van der Waals surface area contributed by atoms with Gasteiger partial charge in [0, 0.05) is 19.7 Å². The summed E-state index contributed by atoms with van der Waals surface area (Å²) in [5.74, 6) is -0.135. The van der Waals surface area contributed by atoms with E-state index < -0.39 is 10.0 Å². The van der Waals surface area contributed by atoms with Gasteiger partial charge in [-0.3, -0.25) is 0 Å². The monoisotopic (exact) mass is 324 g/mol. The van der Waals surface area contributed by atoms with Gasteiger partial charge in [-0.05, 0) is 29.5 Å². The number of nitrogens with zero attached hydrogens (tertiary/aromatic N) is 2. The molecule has 0 aliphatic carbocycles. The molecule has 1 aromatic carbocycles. The van der Waals surface area contributed by atoms with Crippen LogP contribution >= 0.6 is 0 Å². The van der Waals surface area contributed by atoms with E-state index in [9.17, 15) is 8.42 Å². The van der Waals surface area contributed by atoms with Gasteiger partial charge in [0.1, 0.15) is 0 Å². The topological polar surface area (TPSA) is 81.4 Å². The standard InChI is InChI=1S/C16H24N2O3S/c1-16(2,3)13-18(8-5-9-19)22(20,21)12-15-7-4-6-14(10-15)11-17/h4,6-7,10,19H,5,8-9,12-13H2,1-3H3. The van der Waals surface area contributed by atoms with Crippen LogP contribution in [0, 0.1) is 16.7 Å². The Kier molecular flexibility index (Phi) is 6.54. The predicted octanol–water partition coefficient (Wildman–Crippen LogP) is 2.12. The van der Waals surface area contributed by atoms with Gasteiger partial charge in [-0.15, -0.1) is 0 Å². The van der Waals surface area contributed by atoms with Crippen molar-refractivity contribution in [2.45, 2.75) is 32.9 Å². The van der Waals surface area contributed by atoms with Crippen LogP contribution in [0.4, 0.5) is 0 Å². The third kappa shape index (κ3) is 6.14. The number of sulfonamides is 1. The molecule has 1 aromatic rings. The minimum Gasteiger partial charge on any atom is -0.396 e. The van der Waals surface area contributed by atoms with Gasteiger partial charge in [-0.1, -0.05) is 32.9 Å². The van der Waals surface area contributed by atoms with Gasteiger partial charge in [0.25, 0.3) is 0 Å². The van der Waals surface area contributed by atoms with Crippen molar-refractivity contribution >= 4 is 10.0 Å². The highest BCUT2D eigenvalue weighted by molar-refractivity contribution is 7.88. The normalized spacial score (nSPS) is 12.4. The summed E-state index contributed by atoms with van der Waals surface area (Å²) in [4.78, 5) is 0. The molecule has 0 heterocycles. The summed E-state index contributed by atoms with van der Waals surface area (Å²) in [7, 11) is -3.49. The Morgan fingerprint density at radius 2 is 2.00 bits per heavy atom. The Balaban J connectivity index is 2.97. The van der Waals surface area contributed by atoms with Crippen LogP contribution in [0.3, 0.4) is 0 Å². The molecule has 0 radical (unpaired) electrons. The molecule has 0 unspecified atom stereocenters. The summed E-state index contributed by atoms with van der Waals surface area (Å²) in [6.45, 7) is 6.59. The lowest BCUT2D eigenvalue weighted by Crippen LogP contribution is -2.39. The van der Waals surface area contributed by atoms with Crippen LogP contribution in [0.25, 0.3) is 0 Å². The average Bonchev–Trinajstić information content (AvgIpc) is 2.41. The van der Waals surface area contributed by atoms with Crippen molar-refractivity contribution in [1.29, 1.82) is 5.26 Å². The highest BCUT2D eigenvalue weighted by atomic mass is 32.2. The van der Waals surface area contributed by atoms with Crippen LogP contribution in [0.15, 0.2) is 24.3 Å². The SMILES string of the molecule is CC(C)(C)CN(CCCO)S(=O)(=O)Cc1cccc(C#N)c1. The summed E-state index contributed by atoms with van der Waals surface area (Å²) in [6, 6.07) is 8.65. The highest BCUT2D eigenvalue weighted by Crippen LogP contribution is 2.20. The maximum absolute atomic E-state index is 12.6. The molecule has 0 aromatic heterocycles. The van der Waals surface area contributed by atoms with Crippen molar-refractivity contribution in [3.8, 4) is 6.07 Å². The second-order valence-corrected chi connectivity index (χ2v) is 8.51. The lowest BCUT2D eigenvalue weighted by molar-refractivity contribution is 0.240. The smallest absolute Gasteiger partial charge is 0.218 e. The summed E-state index contributed by atoms with van der Waals surface area (Å²) >= 11 is 0. The fourth-order valence-electron chi connectivity index (χ4n) is 2.13. The fraction of sp³-hybridized carbons (Fsp3) is 0.562. The Morgan fingerprint density at radius 1 is 1.32 bits per heavy atom. The van der Waals surface area contributed by atoms with E-state index in [0.717, 1.165) is 0 Å². The van der Waals surface area contributed by atoms with Gasteiger partial charge in [-0.2, -0.15) is 5.26 Å². The van der Waals surface area contributed by atoms with Gasteiger partial charge in [0.05, 0.1) is 17.4 Å². The molecular formula is C16H24N2O3S. The fourth-order valence-corrected chi connectivity index (χ4v) is 3.90. The highest BCUT2D eigenvalue weighted by Gasteiger charge is 2.26. The zero-order valence-corrected chi connectivity index (χ0v) is 14.2. The average molecular weight is 324 g/mol. The second kappa shape index (κ2) is 7.73. The van der Waals surface area contributed by atoms with Crippen LogP contribution in [-0.4, -0.2) is 37.5 Å². The van der Waals surface area contributed by atoms with Crippen molar-refractivity contribution < 1.29 is 13.5 Å². The lowest BCUT2D eigenvalue weighted by atomic mass is 9.97. The van der Waals surface area contributed by atoms with E-state index in [-0.39, 0.29) is 17.8 Å². The van der Waals surface area contributed by atoms with Crippen molar-refractivity contribution in [2.24, 2.45) is 5.41 Å². The zero-order valence-electron chi connectivity index (χ0n) is 13.4. The molecule has 0 amide bonds. The Labute approximate surface area is 133 Å². The molecule has 0 saturated carbocycles. The number of aliphatic hydroxyl groups is 1. The third-order valence-corrected chi connectivity index (χ3v) is 4.81. The van der Waals surface area contributed by atoms with E-state index in [2.05, 4.69) is 0 Å². The summed E-state index contributed by atoms with van der Waals surface area (Å²) in [5.41, 5.74) is 0.879. The van der Waals surface area contributed by atoms with Gasteiger partial charge in [0.15, 0.2) is 0 Å². The van der Waals surface area contributed by atoms with Gasteiger partial charge >= 0.3 is 0 Å². The van der Waals surface area contributed by atoms with Crippen molar-refractivity contribution in [3.05, 3.63) is 35.4 Å². The first-order valence-corrected chi connectivity index (χ1v) is 8.86. The quantitative estimate of drug-likeness (QED) is 0.833. The minimum atomic E-state index is -3.49. The van der Waals surface area contributed by atoms with E-state index in [1.165, 1.54) is 4.31 Å². The molecule has 0 saturated heterocycles. The Hall–Kier alpha value is -1.42. The van der Waals surface area contributed by atoms with E-state index >= 15 is 0 Å². The maximum atomic E-state index is 12.6. The molecule has 0 aliphatic heterocycles.